The quantitative estimate of drug-likeness (QED) is 0.651. The predicted octanol–water partition coefficient (Wildman–Crippen LogP) is 1.10. The van der Waals surface area contributed by atoms with E-state index in [-0.39, 0.29) is 18.1 Å². The third kappa shape index (κ3) is 2.76. The molecule has 5 heteroatoms. The Morgan fingerprint density at radius 1 is 1.58 bits per heavy atom. The van der Waals surface area contributed by atoms with Gasteiger partial charge in [0.25, 0.3) is 0 Å². The van der Waals surface area contributed by atoms with Crippen molar-refractivity contribution in [3.8, 4) is 0 Å². The highest BCUT2D eigenvalue weighted by Crippen LogP contribution is 2.25. The van der Waals surface area contributed by atoms with E-state index < -0.39 is 5.97 Å². The number of ether oxygens (including phenoxy) is 1. The molecule has 1 fully saturated rings. The second kappa shape index (κ2) is 5.84. The predicted molar refractivity (Wildman–Crippen MR) is 70.6 cm³/mol. The van der Waals surface area contributed by atoms with Gasteiger partial charge in [-0.2, -0.15) is 0 Å². The minimum atomic E-state index is -0.511. The van der Waals surface area contributed by atoms with Crippen LogP contribution in [0, 0.1) is 5.92 Å². The third-order valence-corrected chi connectivity index (χ3v) is 3.48. The van der Waals surface area contributed by atoms with Gasteiger partial charge in [0.1, 0.15) is 0 Å². The number of nitrogens with zero attached hydrogens (tertiary/aromatic N) is 1. The number of anilines is 1. The van der Waals surface area contributed by atoms with E-state index in [1.54, 1.807) is 18.2 Å². The second-order valence-electron chi connectivity index (χ2n) is 4.66. The Kier molecular flexibility index (Phi) is 4.16. The first-order chi connectivity index (χ1) is 9.19. The van der Waals surface area contributed by atoms with Gasteiger partial charge in [0.2, 0.25) is 0 Å². The fourth-order valence-corrected chi connectivity index (χ4v) is 2.36. The molecule has 1 aliphatic heterocycles. The Labute approximate surface area is 111 Å². The number of carbonyl (C=O) groups excluding carboxylic acids is 2. The standard InChI is InChI=1S/C14H17NO4/c1-19-14(18)13-3-2-12(6-11(13)9-17)15-5-4-10(7-15)8-16/h2-3,6,9-10,16H,4-5,7-8H2,1H3/t10-/m0/s1. The van der Waals surface area contributed by atoms with Gasteiger partial charge in [0.05, 0.1) is 12.7 Å². The van der Waals surface area contributed by atoms with Crippen molar-refractivity contribution in [2.24, 2.45) is 5.92 Å². The molecule has 1 saturated heterocycles. The molecule has 1 heterocycles. The monoisotopic (exact) mass is 263 g/mol. The van der Waals surface area contributed by atoms with E-state index in [0.29, 0.717) is 11.8 Å². The summed E-state index contributed by atoms with van der Waals surface area (Å²) in [5, 5.41) is 9.14. The van der Waals surface area contributed by atoms with Gasteiger partial charge in [0, 0.05) is 36.9 Å². The van der Waals surface area contributed by atoms with Gasteiger partial charge in [-0.1, -0.05) is 0 Å². The molecule has 19 heavy (non-hydrogen) atoms. The Hall–Kier alpha value is -1.88. The minimum absolute atomic E-state index is 0.178. The molecule has 0 spiro atoms. The average molecular weight is 263 g/mol. The van der Waals surface area contributed by atoms with Crippen molar-refractivity contribution in [1.29, 1.82) is 0 Å². The van der Waals surface area contributed by atoms with Crippen LogP contribution in [0.5, 0.6) is 0 Å². The molecule has 1 N–H and O–H groups in total. The fourth-order valence-electron chi connectivity index (χ4n) is 2.36. The van der Waals surface area contributed by atoms with E-state index in [1.807, 2.05) is 0 Å². The molecule has 0 radical (unpaired) electrons. The number of rotatable bonds is 4. The van der Waals surface area contributed by atoms with Crippen LogP contribution in [-0.4, -0.2) is 44.2 Å². The molecule has 1 aromatic carbocycles. The number of aliphatic hydroxyl groups excluding tert-OH is 1. The summed E-state index contributed by atoms with van der Waals surface area (Å²) < 4.78 is 4.63. The van der Waals surface area contributed by atoms with E-state index >= 15 is 0 Å². The SMILES string of the molecule is COC(=O)c1ccc(N2CC[C@H](CO)C2)cc1C=O. The molecule has 102 valence electrons. The summed E-state index contributed by atoms with van der Waals surface area (Å²) in [7, 11) is 1.29. The molecule has 0 unspecified atom stereocenters. The lowest BCUT2D eigenvalue weighted by molar-refractivity contribution is 0.0598. The summed E-state index contributed by atoms with van der Waals surface area (Å²) in [6.45, 7) is 1.80. The number of esters is 1. The highest BCUT2D eigenvalue weighted by atomic mass is 16.5. The van der Waals surface area contributed by atoms with E-state index in [2.05, 4.69) is 9.64 Å². The summed E-state index contributed by atoms with van der Waals surface area (Å²) in [6.07, 6.45) is 1.60. The first kappa shape index (κ1) is 13.5. The van der Waals surface area contributed by atoms with Crippen molar-refractivity contribution in [3.63, 3.8) is 0 Å². The Balaban J connectivity index is 2.24. The Bertz CT molecular complexity index is 486. The van der Waals surface area contributed by atoms with Crippen LogP contribution in [0.15, 0.2) is 18.2 Å². The Morgan fingerprint density at radius 2 is 2.37 bits per heavy atom. The van der Waals surface area contributed by atoms with Crippen LogP contribution < -0.4 is 4.90 Å². The van der Waals surface area contributed by atoms with Gasteiger partial charge in [0.15, 0.2) is 6.29 Å². The summed E-state index contributed by atoms with van der Waals surface area (Å²) in [6, 6.07) is 5.11. The van der Waals surface area contributed by atoms with Gasteiger partial charge in [-0.3, -0.25) is 4.79 Å². The maximum Gasteiger partial charge on any atom is 0.338 e. The zero-order valence-corrected chi connectivity index (χ0v) is 10.8. The van der Waals surface area contributed by atoms with Crippen molar-refractivity contribution in [2.75, 3.05) is 31.7 Å². The number of benzene rings is 1. The minimum Gasteiger partial charge on any atom is -0.465 e. The lowest BCUT2D eigenvalue weighted by atomic mass is 10.1. The summed E-state index contributed by atoms with van der Waals surface area (Å²) in [5.41, 5.74) is 1.50. The average Bonchev–Trinajstić information content (AvgIpc) is 2.94. The van der Waals surface area contributed by atoms with Crippen LogP contribution in [0.3, 0.4) is 0 Å². The van der Waals surface area contributed by atoms with Gasteiger partial charge < -0.3 is 14.7 Å². The molecule has 1 atom stereocenters. The maximum atomic E-state index is 11.5. The highest BCUT2D eigenvalue weighted by Gasteiger charge is 2.23. The zero-order valence-electron chi connectivity index (χ0n) is 10.8. The van der Waals surface area contributed by atoms with E-state index in [1.165, 1.54) is 7.11 Å². The van der Waals surface area contributed by atoms with Crippen LogP contribution in [0.2, 0.25) is 0 Å². The van der Waals surface area contributed by atoms with Crippen LogP contribution in [0.4, 0.5) is 5.69 Å². The maximum absolute atomic E-state index is 11.5. The van der Waals surface area contributed by atoms with Crippen molar-refractivity contribution in [2.45, 2.75) is 6.42 Å². The summed E-state index contributed by atoms with van der Waals surface area (Å²) in [5.74, 6) is -0.233. The van der Waals surface area contributed by atoms with Crippen molar-refractivity contribution >= 4 is 17.9 Å². The lowest BCUT2D eigenvalue weighted by Gasteiger charge is -2.19. The zero-order chi connectivity index (χ0) is 13.8. The van der Waals surface area contributed by atoms with Crippen molar-refractivity contribution < 1.29 is 19.4 Å². The molecule has 0 bridgehead atoms. The van der Waals surface area contributed by atoms with Crippen molar-refractivity contribution in [3.05, 3.63) is 29.3 Å². The summed E-state index contributed by atoms with van der Waals surface area (Å²) >= 11 is 0. The fraction of sp³-hybridized carbons (Fsp3) is 0.429. The van der Waals surface area contributed by atoms with E-state index in [0.717, 1.165) is 25.2 Å². The number of aldehydes is 1. The number of methoxy groups -OCH3 is 1. The second-order valence-corrected chi connectivity index (χ2v) is 4.66. The number of aliphatic hydroxyl groups is 1. The third-order valence-electron chi connectivity index (χ3n) is 3.48. The van der Waals surface area contributed by atoms with E-state index in [9.17, 15) is 9.59 Å². The molecule has 0 aliphatic carbocycles. The molecule has 0 saturated carbocycles. The van der Waals surface area contributed by atoms with Gasteiger partial charge in [-0.25, -0.2) is 4.79 Å². The number of hydrogen-bond donors (Lipinski definition) is 1. The van der Waals surface area contributed by atoms with Gasteiger partial charge in [-0.15, -0.1) is 0 Å². The number of hydrogen-bond acceptors (Lipinski definition) is 5. The molecule has 5 nitrogen and oxygen atoms in total. The van der Waals surface area contributed by atoms with Crippen LogP contribution in [0.25, 0.3) is 0 Å². The largest absolute Gasteiger partial charge is 0.465 e. The Morgan fingerprint density at radius 3 is 2.95 bits per heavy atom. The molecule has 1 aromatic rings. The number of carbonyl (C=O) groups is 2. The molecule has 0 amide bonds. The first-order valence-electron chi connectivity index (χ1n) is 6.23. The summed E-state index contributed by atoms with van der Waals surface area (Å²) in [4.78, 5) is 24.7. The van der Waals surface area contributed by atoms with Crippen LogP contribution >= 0.6 is 0 Å². The molecule has 2 rings (SSSR count). The molecular formula is C14H17NO4. The lowest BCUT2D eigenvalue weighted by Crippen LogP contribution is -2.21. The highest BCUT2D eigenvalue weighted by molar-refractivity contribution is 5.99. The smallest absolute Gasteiger partial charge is 0.338 e. The van der Waals surface area contributed by atoms with Gasteiger partial charge >= 0.3 is 5.97 Å². The molecular weight excluding hydrogens is 246 g/mol. The normalized spacial score (nSPS) is 18.4. The van der Waals surface area contributed by atoms with Crippen LogP contribution in [-0.2, 0) is 4.74 Å². The van der Waals surface area contributed by atoms with Crippen molar-refractivity contribution in [1.82, 2.24) is 0 Å². The topological polar surface area (TPSA) is 66.8 Å². The molecule has 1 aliphatic rings. The molecule has 0 aromatic heterocycles. The van der Waals surface area contributed by atoms with Crippen LogP contribution in [0.1, 0.15) is 27.1 Å². The first-order valence-corrected chi connectivity index (χ1v) is 6.23. The van der Waals surface area contributed by atoms with Gasteiger partial charge in [-0.05, 0) is 24.6 Å². The van der Waals surface area contributed by atoms with E-state index in [4.69, 9.17) is 5.11 Å².